The van der Waals surface area contributed by atoms with Gasteiger partial charge in [-0.15, -0.1) is 0 Å². The Kier molecular flexibility index (Phi) is 7.23. The third-order valence-corrected chi connectivity index (χ3v) is 1.63. The summed E-state index contributed by atoms with van der Waals surface area (Å²) >= 11 is 0. The number of allylic oxidation sites excluding steroid dienone is 4. The average molecular weight is 152 g/mol. The van der Waals surface area contributed by atoms with Gasteiger partial charge in [0, 0.05) is 0 Å². The first kappa shape index (κ1) is 10.5. The predicted molar refractivity (Wildman–Crippen MR) is 52.7 cm³/mol. The maximum absolute atomic E-state index is 2.27. The third-order valence-electron chi connectivity index (χ3n) is 1.63. The highest BCUT2D eigenvalue weighted by Crippen LogP contribution is 2.00. The monoisotopic (exact) mass is 152 g/mol. The van der Waals surface area contributed by atoms with E-state index in [0.29, 0.717) is 0 Å². The lowest BCUT2D eigenvalue weighted by Gasteiger charge is -1.90. The smallest absolute Gasteiger partial charge is 0.0348 e. The summed E-state index contributed by atoms with van der Waals surface area (Å²) in [6, 6.07) is 0. The second-order valence-corrected chi connectivity index (χ2v) is 2.90. The van der Waals surface area contributed by atoms with Gasteiger partial charge in [0.25, 0.3) is 0 Å². The highest BCUT2D eigenvalue weighted by Gasteiger charge is 1.80. The molecule has 0 atom stereocenters. The fourth-order valence-corrected chi connectivity index (χ4v) is 0.981. The van der Waals surface area contributed by atoms with Crippen molar-refractivity contribution in [2.75, 3.05) is 0 Å². The zero-order valence-electron chi connectivity index (χ0n) is 8.06. The molecular formula is C11H20. The Morgan fingerprint density at radius 1 is 1.27 bits per heavy atom. The SMILES string of the molecule is CC/C=C(C)/C=C/CCCC. The highest BCUT2D eigenvalue weighted by atomic mass is 13.9. The van der Waals surface area contributed by atoms with Crippen LogP contribution in [-0.2, 0) is 0 Å². The molecule has 0 rings (SSSR count). The summed E-state index contributed by atoms with van der Waals surface area (Å²) < 4.78 is 0. The summed E-state index contributed by atoms with van der Waals surface area (Å²) in [6.45, 7) is 6.55. The van der Waals surface area contributed by atoms with Gasteiger partial charge in [-0.1, -0.05) is 50.5 Å². The standard InChI is InChI=1S/C11H20/c1-4-6-7-8-10-11(3)9-5-2/h8-10H,4-7H2,1-3H3/b10-8+,11-9+. The van der Waals surface area contributed by atoms with Crippen molar-refractivity contribution in [3.05, 3.63) is 23.8 Å². The van der Waals surface area contributed by atoms with Gasteiger partial charge in [-0.3, -0.25) is 0 Å². The molecule has 64 valence electrons. The molecule has 0 aromatic heterocycles. The molecule has 0 aromatic carbocycles. The van der Waals surface area contributed by atoms with E-state index in [9.17, 15) is 0 Å². The largest absolute Gasteiger partial charge is 0.0843 e. The highest BCUT2D eigenvalue weighted by molar-refractivity contribution is 5.15. The van der Waals surface area contributed by atoms with Crippen molar-refractivity contribution >= 4 is 0 Å². The van der Waals surface area contributed by atoms with E-state index in [1.165, 1.54) is 24.8 Å². The number of unbranched alkanes of at least 4 members (excludes halogenated alkanes) is 2. The zero-order chi connectivity index (χ0) is 8.53. The zero-order valence-corrected chi connectivity index (χ0v) is 8.06. The molecule has 11 heavy (non-hydrogen) atoms. The van der Waals surface area contributed by atoms with Gasteiger partial charge in [0.1, 0.15) is 0 Å². The lowest BCUT2D eigenvalue weighted by molar-refractivity contribution is 0.814. The van der Waals surface area contributed by atoms with E-state index in [2.05, 4.69) is 39.0 Å². The second-order valence-electron chi connectivity index (χ2n) is 2.90. The number of hydrogen-bond acceptors (Lipinski definition) is 0. The van der Waals surface area contributed by atoms with Gasteiger partial charge >= 0.3 is 0 Å². The molecule has 0 aliphatic rings. The van der Waals surface area contributed by atoms with Gasteiger partial charge < -0.3 is 0 Å². The van der Waals surface area contributed by atoms with Crippen LogP contribution in [0.15, 0.2) is 23.8 Å². The summed E-state index contributed by atoms with van der Waals surface area (Å²) in [4.78, 5) is 0. The van der Waals surface area contributed by atoms with E-state index in [-0.39, 0.29) is 0 Å². The van der Waals surface area contributed by atoms with Gasteiger partial charge in [0.2, 0.25) is 0 Å². The fourth-order valence-electron chi connectivity index (χ4n) is 0.981. The molecule has 0 spiro atoms. The molecule has 0 fully saturated rings. The average Bonchev–Trinajstić information content (AvgIpc) is 1.99. The Balaban J connectivity index is 3.48. The summed E-state index contributed by atoms with van der Waals surface area (Å²) in [7, 11) is 0. The van der Waals surface area contributed by atoms with E-state index in [0.717, 1.165) is 6.42 Å². The molecule has 0 aliphatic carbocycles. The van der Waals surface area contributed by atoms with Crippen LogP contribution in [0.5, 0.6) is 0 Å². The van der Waals surface area contributed by atoms with Crippen LogP contribution in [0.4, 0.5) is 0 Å². The van der Waals surface area contributed by atoms with E-state index in [4.69, 9.17) is 0 Å². The second kappa shape index (κ2) is 7.59. The third kappa shape index (κ3) is 7.38. The number of rotatable bonds is 5. The van der Waals surface area contributed by atoms with Crippen LogP contribution in [0.3, 0.4) is 0 Å². The minimum Gasteiger partial charge on any atom is -0.0843 e. The van der Waals surface area contributed by atoms with Crippen LogP contribution in [0.2, 0.25) is 0 Å². The van der Waals surface area contributed by atoms with E-state index in [1.807, 2.05) is 0 Å². The summed E-state index contributed by atoms with van der Waals surface area (Å²) in [5.41, 5.74) is 1.39. The van der Waals surface area contributed by atoms with Crippen LogP contribution in [-0.4, -0.2) is 0 Å². The molecule has 0 aromatic rings. The van der Waals surface area contributed by atoms with Crippen molar-refractivity contribution in [3.8, 4) is 0 Å². The van der Waals surface area contributed by atoms with Crippen LogP contribution in [0, 0.1) is 0 Å². The molecule has 0 radical (unpaired) electrons. The molecule has 0 saturated heterocycles. The first-order valence-electron chi connectivity index (χ1n) is 4.64. The molecule has 0 unspecified atom stereocenters. The first-order chi connectivity index (χ1) is 5.31. The Morgan fingerprint density at radius 3 is 2.55 bits per heavy atom. The van der Waals surface area contributed by atoms with Gasteiger partial charge in [-0.2, -0.15) is 0 Å². The maximum Gasteiger partial charge on any atom is -0.0348 e. The lowest BCUT2D eigenvalue weighted by Crippen LogP contribution is -1.70. The molecule has 0 nitrogen and oxygen atoms in total. The minimum absolute atomic E-state index is 1.14. The van der Waals surface area contributed by atoms with Gasteiger partial charge in [0.15, 0.2) is 0 Å². The van der Waals surface area contributed by atoms with E-state index in [1.54, 1.807) is 0 Å². The van der Waals surface area contributed by atoms with Crippen LogP contribution in [0.25, 0.3) is 0 Å². The van der Waals surface area contributed by atoms with Gasteiger partial charge in [-0.25, -0.2) is 0 Å². The molecule has 0 aliphatic heterocycles. The molecule has 0 heterocycles. The number of hydrogen-bond donors (Lipinski definition) is 0. The molecular weight excluding hydrogens is 132 g/mol. The van der Waals surface area contributed by atoms with Gasteiger partial charge in [-0.05, 0) is 19.8 Å². The van der Waals surface area contributed by atoms with Crippen LogP contribution in [0.1, 0.15) is 46.5 Å². The Hall–Kier alpha value is -0.520. The molecule has 0 saturated carbocycles. The summed E-state index contributed by atoms with van der Waals surface area (Å²) in [5, 5.41) is 0. The van der Waals surface area contributed by atoms with Crippen molar-refractivity contribution < 1.29 is 0 Å². The first-order valence-corrected chi connectivity index (χ1v) is 4.64. The van der Waals surface area contributed by atoms with Crippen LogP contribution >= 0.6 is 0 Å². The van der Waals surface area contributed by atoms with Crippen molar-refractivity contribution in [2.45, 2.75) is 46.5 Å². The topological polar surface area (TPSA) is 0 Å². The van der Waals surface area contributed by atoms with Crippen molar-refractivity contribution in [3.63, 3.8) is 0 Å². The quantitative estimate of drug-likeness (QED) is 0.411. The Labute approximate surface area is 71.0 Å². The fraction of sp³-hybridized carbons (Fsp3) is 0.636. The maximum atomic E-state index is 2.27. The van der Waals surface area contributed by atoms with Crippen LogP contribution < -0.4 is 0 Å². The lowest BCUT2D eigenvalue weighted by atomic mass is 10.2. The van der Waals surface area contributed by atoms with Gasteiger partial charge in [0.05, 0.1) is 0 Å². The summed E-state index contributed by atoms with van der Waals surface area (Å²) in [6.07, 6.45) is 11.7. The summed E-state index contributed by atoms with van der Waals surface area (Å²) in [5.74, 6) is 0. The predicted octanol–water partition coefficient (Wildman–Crippen LogP) is 4.09. The normalized spacial score (nSPS) is 12.8. The van der Waals surface area contributed by atoms with Crippen molar-refractivity contribution in [1.82, 2.24) is 0 Å². The Morgan fingerprint density at radius 2 is 2.00 bits per heavy atom. The van der Waals surface area contributed by atoms with Crippen molar-refractivity contribution in [2.24, 2.45) is 0 Å². The minimum atomic E-state index is 1.14. The Bertz CT molecular complexity index is 129. The molecule has 0 heteroatoms. The molecule has 0 amide bonds. The van der Waals surface area contributed by atoms with E-state index >= 15 is 0 Å². The molecule has 0 bridgehead atoms. The van der Waals surface area contributed by atoms with E-state index < -0.39 is 0 Å². The van der Waals surface area contributed by atoms with Crippen molar-refractivity contribution in [1.29, 1.82) is 0 Å². The molecule has 0 N–H and O–H groups in total.